The molecule has 34 valence electrons. The Kier molecular flexibility index (Phi) is 6.54. The Balaban J connectivity index is 0. The summed E-state index contributed by atoms with van der Waals surface area (Å²) in [7, 11) is -3.67. The summed E-state index contributed by atoms with van der Waals surface area (Å²) in [5, 5.41) is 0. The predicted molar refractivity (Wildman–Crippen MR) is 24.6 cm³/mol. The van der Waals surface area contributed by atoms with Gasteiger partial charge in [-0.2, -0.15) is 8.42 Å². The summed E-state index contributed by atoms with van der Waals surface area (Å²) >= 11 is 0. The fraction of sp³-hybridized carbons (Fsp3) is 1.00. The first-order valence-corrected chi connectivity index (χ1v) is 2.77. The van der Waals surface area contributed by atoms with E-state index in [1.807, 2.05) is 0 Å². The van der Waals surface area contributed by atoms with Gasteiger partial charge in [-0.1, -0.05) is 0 Å². The molecule has 0 amide bonds. The average molecular weight is 183 g/mol. The van der Waals surface area contributed by atoms with Crippen molar-refractivity contribution in [2.45, 2.75) is 0 Å². The maximum atomic E-state index is 9.19. The molecule has 0 saturated heterocycles. The van der Waals surface area contributed by atoms with Crippen molar-refractivity contribution in [2.75, 3.05) is 6.26 Å². The van der Waals surface area contributed by atoms with Crippen molar-refractivity contribution in [3.05, 3.63) is 0 Å². The second-order valence-corrected chi connectivity index (χ2v) is 2.20. The van der Waals surface area contributed by atoms with Crippen LogP contribution in [-0.2, 0) is 10.1 Å². The summed E-state index contributed by atoms with van der Waals surface area (Å²) in [4.78, 5) is 0. The van der Waals surface area contributed by atoms with Crippen LogP contribution in [0.25, 0.3) is 0 Å². The Hall–Kier alpha value is 1.72. The van der Waals surface area contributed by atoms with Crippen molar-refractivity contribution in [1.82, 2.24) is 0 Å². The number of hydrogen-bond donors (Lipinski definition) is 1. The molecule has 0 fully saturated rings. The summed E-state index contributed by atoms with van der Waals surface area (Å²) in [6.45, 7) is 0. The Morgan fingerprint density at radius 3 is 1.50 bits per heavy atom. The normalized spacial score (nSPS) is 9.67. The van der Waals surface area contributed by atoms with Crippen LogP contribution in [-0.4, -0.2) is 77.4 Å². The van der Waals surface area contributed by atoms with Gasteiger partial charge >= 0.3 is 58.2 Å². The molecular formula is CH5O3RbS. The quantitative estimate of drug-likeness (QED) is 0.482. The van der Waals surface area contributed by atoms with Gasteiger partial charge in [-0.15, -0.1) is 0 Å². The third kappa shape index (κ3) is 43.2. The zero-order chi connectivity index (χ0) is 4.50. The van der Waals surface area contributed by atoms with E-state index in [0.717, 1.165) is 0 Å². The van der Waals surface area contributed by atoms with Crippen LogP contribution in [0.1, 0.15) is 0 Å². The molecule has 0 bridgehead atoms. The molecule has 1 N–H and O–H groups in total. The van der Waals surface area contributed by atoms with Crippen molar-refractivity contribution in [2.24, 2.45) is 0 Å². The maximum absolute atomic E-state index is 9.19. The minimum atomic E-state index is -3.67. The SMILES string of the molecule is CS(=O)(=O)O.[RbH]. The van der Waals surface area contributed by atoms with Crippen molar-refractivity contribution < 1.29 is 13.0 Å². The first-order chi connectivity index (χ1) is 2.00. The Morgan fingerprint density at radius 2 is 1.50 bits per heavy atom. The molecule has 3 nitrogen and oxygen atoms in total. The van der Waals surface area contributed by atoms with Crippen LogP contribution in [0.2, 0.25) is 0 Å². The molecular weight excluding hydrogens is 178 g/mol. The molecule has 0 saturated carbocycles. The molecule has 0 aliphatic heterocycles. The molecule has 0 aliphatic carbocycles. The fourth-order valence-electron chi connectivity index (χ4n) is 0. The van der Waals surface area contributed by atoms with Gasteiger partial charge in [0.05, 0.1) is 6.26 Å². The second-order valence-electron chi connectivity index (χ2n) is 0.733. The molecule has 6 heavy (non-hydrogen) atoms. The molecule has 0 radical (unpaired) electrons. The van der Waals surface area contributed by atoms with Crippen molar-refractivity contribution >= 4 is 68.3 Å². The van der Waals surface area contributed by atoms with Gasteiger partial charge in [0.15, 0.2) is 0 Å². The molecule has 0 unspecified atom stereocenters. The van der Waals surface area contributed by atoms with Gasteiger partial charge in [0, 0.05) is 0 Å². The van der Waals surface area contributed by atoms with Crippen LogP contribution >= 0.6 is 0 Å². The van der Waals surface area contributed by atoms with Gasteiger partial charge in [-0.25, -0.2) is 0 Å². The molecule has 0 spiro atoms. The predicted octanol–water partition coefficient (Wildman–Crippen LogP) is -1.14. The van der Waals surface area contributed by atoms with E-state index < -0.39 is 10.1 Å². The van der Waals surface area contributed by atoms with E-state index in [2.05, 4.69) is 0 Å². The van der Waals surface area contributed by atoms with Gasteiger partial charge in [0.25, 0.3) is 10.1 Å². The number of hydrogen-bond acceptors (Lipinski definition) is 2. The van der Waals surface area contributed by atoms with E-state index >= 15 is 0 Å². The monoisotopic (exact) mass is 182 g/mol. The summed E-state index contributed by atoms with van der Waals surface area (Å²) in [5.74, 6) is 0. The Morgan fingerprint density at radius 1 is 1.50 bits per heavy atom. The number of rotatable bonds is 0. The Labute approximate surface area is 85.7 Å². The van der Waals surface area contributed by atoms with Gasteiger partial charge in [0.2, 0.25) is 0 Å². The minimum absolute atomic E-state index is 0. The third-order valence-electron chi connectivity index (χ3n) is 0. The second kappa shape index (κ2) is 3.68. The first-order valence-electron chi connectivity index (χ1n) is 0.924. The molecule has 0 aliphatic rings. The van der Waals surface area contributed by atoms with Crippen LogP contribution < -0.4 is 0 Å². The van der Waals surface area contributed by atoms with Crippen molar-refractivity contribution in [3.63, 3.8) is 0 Å². The summed E-state index contributed by atoms with van der Waals surface area (Å²) in [6, 6.07) is 0. The first kappa shape index (κ1) is 10.7. The van der Waals surface area contributed by atoms with E-state index in [9.17, 15) is 8.42 Å². The van der Waals surface area contributed by atoms with E-state index in [1.165, 1.54) is 0 Å². The molecule has 5 heteroatoms. The molecule has 0 aromatic heterocycles. The summed E-state index contributed by atoms with van der Waals surface area (Å²) in [6.07, 6.45) is 0.715. The van der Waals surface area contributed by atoms with E-state index in [0.29, 0.717) is 6.26 Å². The summed E-state index contributed by atoms with van der Waals surface area (Å²) in [5.41, 5.74) is 0. The zero-order valence-electron chi connectivity index (χ0n) is 2.67. The molecule has 0 rings (SSSR count). The third-order valence-corrected chi connectivity index (χ3v) is 0. The molecule has 0 heterocycles. The standard InChI is InChI=1S/CH4O3S.Rb.H/c1-5(2,3)4;;/h1H3,(H,2,3,4);;. The van der Waals surface area contributed by atoms with Crippen LogP contribution in [0.5, 0.6) is 0 Å². The van der Waals surface area contributed by atoms with E-state index in [-0.39, 0.29) is 58.2 Å². The average Bonchev–Trinajstić information content (AvgIpc) is 0.722. The van der Waals surface area contributed by atoms with Crippen LogP contribution in [0, 0.1) is 0 Å². The summed E-state index contributed by atoms with van der Waals surface area (Å²) < 4.78 is 25.9. The van der Waals surface area contributed by atoms with Gasteiger partial charge in [-0.3, -0.25) is 4.55 Å². The van der Waals surface area contributed by atoms with Crippen LogP contribution in [0.3, 0.4) is 0 Å². The van der Waals surface area contributed by atoms with Crippen LogP contribution in [0.15, 0.2) is 0 Å². The Bertz CT molecular complexity index is 94.0. The van der Waals surface area contributed by atoms with E-state index in [4.69, 9.17) is 4.55 Å². The molecule has 0 atom stereocenters. The molecule has 0 aromatic carbocycles. The van der Waals surface area contributed by atoms with Gasteiger partial charge in [-0.05, 0) is 0 Å². The van der Waals surface area contributed by atoms with Gasteiger partial charge < -0.3 is 0 Å². The van der Waals surface area contributed by atoms with E-state index in [1.54, 1.807) is 0 Å². The zero-order valence-corrected chi connectivity index (χ0v) is 3.49. The van der Waals surface area contributed by atoms with Gasteiger partial charge in [0.1, 0.15) is 0 Å². The van der Waals surface area contributed by atoms with Crippen molar-refractivity contribution in [3.8, 4) is 0 Å². The topological polar surface area (TPSA) is 54.4 Å². The fourth-order valence-corrected chi connectivity index (χ4v) is 0. The van der Waals surface area contributed by atoms with Crippen molar-refractivity contribution in [1.29, 1.82) is 0 Å². The van der Waals surface area contributed by atoms with Crippen LogP contribution in [0.4, 0.5) is 0 Å². The molecule has 0 aromatic rings.